The Kier molecular flexibility index (Phi) is 3.50. The summed E-state index contributed by atoms with van der Waals surface area (Å²) in [5, 5.41) is 17.3. The highest BCUT2D eigenvalue weighted by molar-refractivity contribution is 8.02. The highest BCUT2D eigenvalue weighted by Gasteiger charge is 2.85. The van der Waals surface area contributed by atoms with Gasteiger partial charge in [-0.05, 0) is 6.92 Å². The van der Waals surface area contributed by atoms with Gasteiger partial charge in [0.2, 0.25) is 5.91 Å². The van der Waals surface area contributed by atoms with Gasteiger partial charge < -0.3 is 25.9 Å². The number of thiazole rings is 1. The number of nitrogens with zero attached hydrogens (tertiary/aromatic N) is 3. The van der Waals surface area contributed by atoms with E-state index in [2.05, 4.69) is 15.5 Å². The largest absolute Gasteiger partial charge is 0.479 e. The van der Waals surface area contributed by atoms with Crippen molar-refractivity contribution in [2.75, 3.05) is 12.8 Å². The van der Waals surface area contributed by atoms with Crippen molar-refractivity contribution in [3.05, 3.63) is 11.1 Å². The van der Waals surface area contributed by atoms with Crippen LogP contribution in [0.4, 0.5) is 5.13 Å². The number of nitrogens with two attached hydrogens (primary N) is 1. The first-order valence-electron chi connectivity index (χ1n) is 7.63. The van der Waals surface area contributed by atoms with Crippen molar-refractivity contribution in [2.45, 2.75) is 35.0 Å². The minimum Gasteiger partial charge on any atom is -0.479 e. The standard InChI is InChI=1S/C14H15N5O5S2/c1-13-4-14(13,11(22)23)19-9(21)7(10(19)26-13)17-8(20)6(18-24-2)5-3-25-12(15)16-5/h3,7,10H,4H2,1-2H3,(H2,15,16)(H,17,20)(H,22,23)/t7-,10-,13?,14-/m1/s1. The average Bonchev–Trinajstić information content (AvgIpc) is 2.88. The van der Waals surface area contributed by atoms with Crippen molar-refractivity contribution in [3.8, 4) is 0 Å². The summed E-state index contributed by atoms with van der Waals surface area (Å²) in [5.41, 5.74) is 4.57. The van der Waals surface area contributed by atoms with Gasteiger partial charge in [-0.1, -0.05) is 5.16 Å². The Morgan fingerprint density at radius 1 is 1.58 bits per heavy atom. The molecule has 3 aliphatic rings. The second kappa shape index (κ2) is 5.33. The summed E-state index contributed by atoms with van der Waals surface area (Å²) in [6.07, 6.45) is 0.414. The van der Waals surface area contributed by atoms with Crippen LogP contribution in [0.3, 0.4) is 0 Å². The fourth-order valence-corrected chi connectivity index (χ4v) is 6.08. The Morgan fingerprint density at radius 3 is 2.88 bits per heavy atom. The van der Waals surface area contributed by atoms with Crippen LogP contribution in [0.25, 0.3) is 0 Å². The van der Waals surface area contributed by atoms with Gasteiger partial charge in [0.05, 0.1) is 4.75 Å². The van der Waals surface area contributed by atoms with E-state index >= 15 is 0 Å². The number of hydrogen-bond donors (Lipinski definition) is 3. The molecule has 0 bridgehead atoms. The number of thioether (sulfide) groups is 1. The molecule has 3 heterocycles. The second-order valence-electron chi connectivity index (χ2n) is 6.43. The Labute approximate surface area is 155 Å². The Bertz CT molecular complexity index is 872. The number of rotatable bonds is 5. The van der Waals surface area contributed by atoms with Gasteiger partial charge in [0.1, 0.15) is 24.2 Å². The van der Waals surface area contributed by atoms with E-state index in [0.717, 1.165) is 11.3 Å². The molecule has 1 saturated carbocycles. The Hall–Kier alpha value is -2.34. The Morgan fingerprint density at radius 2 is 2.31 bits per heavy atom. The fraction of sp³-hybridized carbons (Fsp3) is 0.500. The number of β-lactam (4-membered cyclic amide) rings is 1. The lowest BCUT2D eigenvalue weighted by atomic mass is 10.0. The maximum atomic E-state index is 12.6. The zero-order valence-electron chi connectivity index (χ0n) is 13.8. The molecule has 12 heteroatoms. The van der Waals surface area contributed by atoms with Crippen LogP contribution >= 0.6 is 23.1 Å². The minimum absolute atomic E-state index is 0.0981. The predicted octanol–water partition coefficient (Wildman–Crippen LogP) is -0.538. The van der Waals surface area contributed by atoms with Gasteiger partial charge in [0, 0.05) is 11.8 Å². The summed E-state index contributed by atoms with van der Waals surface area (Å²) in [6.45, 7) is 1.83. The van der Waals surface area contributed by atoms with Crippen molar-refractivity contribution in [1.29, 1.82) is 0 Å². The molecule has 0 aromatic carbocycles. The maximum Gasteiger partial charge on any atom is 0.331 e. The van der Waals surface area contributed by atoms with Crippen LogP contribution in [0.1, 0.15) is 19.0 Å². The predicted molar refractivity (Wildman–Crippen MR) is 93.6 cm³/mol. The number of anilines is 1. The number of hydrogen-bond acceptors (Lipinski definition) is 9. The van der Waals surface area contributed by atoms with E-state index in [9.17, 15) is 19.5 Å². The minimum atomic E-state index is -1.16. The smallest absolute Gasteiger partial charge is 0.331 e. The van der Waals surface area contributed by atoms with Crippen LogP contribution in [0.15, 0.2) is 10.5 Å². The van der Waals surface area contributed by atoms with E-state index in [0.29, 0.717) is 6.42 Å². The summed E-state index contributed by atoms with van der Waals surface area (Å²) >= 11 is 2.55. The van der Waals surface area contributed by atoms with E-state index in [1.165, 1.54) is 23.8 Å². The van der Waals surface area contributed by atoms with Crippen molar-refractivity contribution >= 4 is 51.7 Å². The van der Waals surface area contributed by atoms with Gasteiger partial charge in [0.15, 0.2) is 16.4 Å². The number of carboxylic acids is 1. The molecule has 26 heavy (non-hydrogen) atoms. The highest BCUT2D eigenvalue weighted by atomic mass is 32.2. The lowest BCUT2D eigenvalue weighted by Crippen LogP contribution is -2.72. The molecule has 1 unspecified atom stereocenters. The zero-order chi connectivity index (χ0) is 18.9. The first-order valence-corrected chi connectivity index (χ1v) is 9.39. The number of carbonyl (C=O) groups is 3. The number of aromatic nitrogens is 1. The lowest BCUT2D eigenvalue weighted by molar-refractivity contribution is -0.163. The Balaban J connectivity index is 1.52. The maximum absolute atomic E-state index is 12.6. The van der Waals surface area contributed by atoms with Gasteiger partial charge in [-0.3, -0.25) is 9.59 Å². The van der Waals surface area contributed by atoms with Crippen molar-refractivity contribution in [1.82, 2.24) is 15.2 Å². The average molecular weight is 397 g/mol. The molecule has 138 valence electrons. The number of oxime groups is 1. The van der Waals surface area contributed by atoms with Crippen molar-refractivity contribution < 1.29 is 24.3 Å². The normalized spacial score (nSPS) is 34.6. The van der Waals surface area contributed by atoms with Crippen LogP contribution in [0, 0.1) is 0 Å². The monoisotopic (exact) mass is 397 g/mol. The third kappa shape index (κ3) is 2.02. The molecule has 2 saturated heterocycles. The molecule has 1 aromatic rings. The summed E-state index contributed by atoms with van der Waals surface area (Å²) in [6, 6.07) is -0.814. The van der Waals surface area contributed by atoms with Gasteiger partial charge in [-0.25, -0.2) is 9.78 Å². The van der Waals surface area contributed by atoms with Crippen LogP contribution in [-0.4, -0.2) is 67.3 Å². The van der Waals surface area contributed by atoms with Crippen molar-refractivity contribution in [2.24, 2.45) is 5.16 Å². The van der Waals surface area contributed by atoms with Gasteiger partial charge in [-0.15, -0.1) is 23.1 Å². The molecule has 4 rings (SSSR count). The SMILES string of the molecule is CON=C(C(=O)N[C@@H]1C(=O)N2[C@@H]1SC1(C)C[C@]21C(=O)O)c1csc(N)n1. The number of carbonyl (C=O) groups excluding carboxylic acids is 2. The van der Waals surface area contributed by atoms with Crippen LogP contribution in [0.2, 0.25) is 0 Å². The number of nitrogens with one attached hydrogen (secondary N) is 1. The third-order valence-corrected chi connectivity index (χ3v) is 7.38. The molecular formula is C14H15N5O5S2. The first-order chi connectivity index (χ1) is 12.2. The molecule has 10 nitrogen and oxygen atoms in total. The second-order valence-corrected chi connectivity index (χ2v) is 8.94. The van der Waals surface area contributed by atoms with E-state index in [1.807, 2.05) is 6.92 Å². The topological polar surface area (TPSA) is 147 Å². The third-order valence-electron chi connectivity index (χ3n) is 4.98. The summed E-state index contributed by atoms with van der Waals surface area (Å²) in [4.78, 5) is 46.8. The molecule has 0 radical (unpaired) electrons. The number of carboxylic acid groups (broad SMARTS) is 1. The molecule has 4 N–H and O–H groups in total. The van der Waals surface area contributed by atoms with Crippen LogP contribution in [-0.2, 0) is 19.2 Å². The molecule has 1 aromatic heterocycles. The number of amides is 2. The summed E-state index contributed by atoms with van der Waals surface area (Å²) < 4.78 is -0.522. The molecule has 2 aliphatic heterocycles. The zero-order valence-corrected chi connectivity index (χ0v) is 15.4. The molecule has 0 spiro atoms. The van der Waals surface area contributed by atoms with E-state index < -0.39 is 39.5 Å². The van der Waals surface area contributed by atoms with Gasteiger partial charge >= 0.3 is 5.97 Å². The number of nitrogen functional groups attached to an aromatic ring is 1. The molecule has 4 atom stereocenters. The highest BCUT2D eigenvalue weighted by Crippen LogP contribution is 2.71. The van der Waals surface area contributed by atoms with Crippen LogP contribution in [0.5, 0.6) is 0 Å². The molecule has 3 fully saturated rings. The first kappa shape index (κ1) is 17.1. The van der Waals surface area contributed by atoms with E-state index in [1.54, 1.807) is 5.38 Å². The van der Waals surface area contributed by atoms with Crippen LogP contribution < -0.4 is 11.1 Å². The van der Waals surface area contributed by atoms with Gasteiger partial charge in [0.25, 0.3) is 5.91 Å². The summed E-state index contributed by atoms with van der Waals surface area (Å²) in [7, 11) is 1.29. The van der Waals surface area contributed by atoms with Crippen molar-refractivity contribution in [3.63, 3.8) is 0 Å². The number of fused-ring (bicyclic) bond motifs is 3. The van der Waals surface area contributed by atoms with E-state index in [-0.39, 0.29) is 16.5 Å². The van der Waals surface area contributed by atoms with Gasteiger partial charge in [-0.2, -0.15) is 0 Å². The fourth-order valence-electron chi connectivity index (χ4n) is 3.62. The van der Waals surface area contributed by atoms with E-state index in [4.69, 9.17) is 10.6 Å². The summed E-state index contributed by atoms with van der Waals surface area (Å²) in [5.74, 6) is -2.05. The lowest BCUT2D eigenvalue weighted by Gasteiger charge is -2.45. The molecule has 2 amide bonds. The molecular weight excluding hydrogens is 382 g/mol. The quantitative estimate of drug-likeness (QED) is 0.341. The number of aliphatic carboxylic acids is 1. The molecule has 1 aliphatic carbocycles.